The number of likely N-dealkylation sites (tertiary alicyclic amines) is 1. The Morgan fingerprint density at radius 1 is 1.22 bits per heavy atom. The van der Waals surface area contributed by atoms with E-state index < -0.39 is 0 Å². The molecule has 0 radical (unpaired) electrons. The number of hydrogen-bond acceptors (Lipinski definition) is 8. The highest BCUT2D eigenvalue weighted by Gasteiger charge is 2.26. The third-order valence-corrected chi connectivity index (χ3v) is 5.50. The zero-order valence-corrected chi connectivity index (χ0v) is 19.4. The Bertz CT molecular complexity index is 862. The van der Waals surface area contributed by atoms with Crippen molar-refractivity contribution in [1.82, 2.24) is 20.4 Å². The molecular weight excluding hydrogens is 412 g/mol. The van der Waals surface area contributed by atoms with Gasteiger partial charge in [-0.05, 0) is 64.4 Å². The summed E-state index contributed by atoms with van der Waals surface area (Å²) in [6, 6.07) is 5.51. The molecule has 32 heavy (non-hydrogen) atoms. The smallest absolute Gasteiger partial charge is 0.241 e. The van der Waals surface area contributed by atoms with Crippen molar-refractivity contribution in [1.29, 1.82) is 0 Å². The lowest BCUT2D eigenvalue weighted by Crippen LogP contribution is -2.40. The van der Waals surface area contributed by atoms with Crippen molar-refractivity contribution in [3.8, 4) is 22.9 Å². The Kier molecular flexibility index (Phi) is 8.87. The number of rotatable bonds is 11. The standard InChI is InChI=1S/C23H34N4O5/c1-16(2)31-13-5-10-24-23(28)17-8-11-27(12-9-17)15-21-25-22(26-32-21)18-6-7-19(29-3)20(14-18)30-4/h6-7,14,16-17H,5,8-13,15H2,1-4H3,(H,24,28). The molecule has 1 aliphatic heterocycles. The van der Waals surface area contributed by atoms with E-state index in [1.165, 1.54) is 0 Å². The minimum absolute atomic E-state index is 0.0577. The van der Waals surface area contributed by atoms with E-state index >= 15 is 0 Å². The summed E-state index contributed by atoms with van der Waals surface area (Å²) in [6.07, 6.45) is 2.71. The van der Waals surface area contributed by atoms with Gasteiger partial charge in [0.05, 0.1) is 26.9 Å². The molecule has 1 saturated heterocycles. The minimum atomic E-state index is 0.0577. The second kappa shape index (κ2) is 11.8. The minimum Gasteiger partial charge on any atom is -0.493 e. The number of carbonyl (C=O) groups excluding carboxylic acids is 1. The first-order chi connectivity index (χ1) is 15.5. The van der Waals surface area contributed by atoms with Crippen LogP contribution >= 0.6 is 0 Å². The van der Waals surface area contributed by atoms with E-state index in [0.29, 0.717) is 42.9 Å². The normalized spacial score (nSPS) is 15.2. The number of methoxy groups -OCH3 is 2. The third-order valence-electron chi connectivity index (χ3n) is 5.50. The number of hydrogen-bond donors (Lipinski definition) is 1. The lowest BCUT2D eigenvalue weighted by atomic mass is 9.96. The van der Waals surface area contributed by atoms with Crippen LogP contribution in [0.3, 0.4) is 0 Å². The van der Waals surface area contributed by atoms with Gasteiger partial charge >= 0.3 is 0 Å². The largest absolute Gasteiger partial charge is 0.493 e. The first-order valence-electron chi connectivity index (χ1n) is 11.2. The SMILES string of the molecule is COc1ccc(-c2noc(CN3CCC(C(=O)NCCCOC(C)C)CC3)n2)cc1OC. The average Bonchev–Trinajstić information content (AvgIpc) is 3.27. The number of nitrogens with zero attached hydrogens (tertiary/aromatic N) is 3. The number of ether oxygens (including phenoxy) is 3. The monoisotopic (exact) mass is 446 g/mol. The Morgan fingerprint density at radius 2 is 1.97 bits per heavy atom. The molecule has 3 rings (SSSR count). The van der Waals surface area contributed by atoms with Crippen LogP contribution < -0.4 is 14.8 Å². The van der Waals surface area contributed by atoms with Crippen LogP contribution in [0.25, 0.3) is 11.4 Å². The van der Waals surface area contributed by atoms with E-state index in [2.05, 4.69) is 20.4 Å². The molecule has 1 amide bonds. The number of piperidine rings is 1. The molecule has 0 spiro atoms. The van der Waals surface area contributed by atoms with Gasteiger partial charge in [0.15, 0.2) is 11.5 Å². The molecule has 1 aromatic heterocycles. The quantitative estimate of drug-likeness (QED) is 0.526. The molecule has 0 atom stereocenters. The average molecular weight is 447 g/mol. The van der Waals surface area contributed by atoms with E-state index in [9.17, 15) is 4.79 Å². The van der Waals surface area contributed by atoms with Gasteiger partial charge in [-0.2, -0.15) is 4.98 Å². The third kappa shape index (κ3) is 6.67. The highest BCUT2D eigenvalue weighted by Crippen LogP contribution is 2.31. The van der Waals surface area contributed by atoms with Crippen molar-refractivity contribution in [2.45, 2.75) is 45.8 Å². The summed E-state index contributed by atoms with van der Waals surface area (Å²) in [5, 5.41) is 7.13. The molecule has 0 unspecified atom stereocenters. The fraction of sp³-hybridized carbons (Fsp3) is 0.609. The first kappa shape index (κ1) is 24.0. The lowest BCUT2D eigenvalue weighted by molar-refractivity contribution is -0.126. The van der Waals surface area contributed by atoms with Crippen LogP contribution in [0.4, 0.5) is 0 Å². The zero-order valence-electron chi connectivity index (χ0n) is 19.4. The Labute approximate surface area is 189 Å². The van der Waals surface area contributed by atoms with Crippen molar-refractivity contribution < 1.29 is 23.5 Å². The number of benzene rings is 1. The van der Waals surface area contributed by atoms with Crippen LogP contribution in [-0.2, 0) is 16.1 Å². The number of aromatic nitrogens is 2. The van der Waals surface area contributed by atoms with Crippen molar-refractivity contribution in [3.63, 3.8) is 0 Å². The topological polar surface area (TPSA) is 99.0 Å². The molecule has 2 aromatic rings. The highest BCUT2D eigenvalue weighted by atomic mass is 16.5. The number of amides is 1. The molecule has 0 bridgehead atoms. The predicted octanol–water partition coefficient (Wildman–Crippen LogP) is 2.90. The summed E-state index contributed by atoms with van der Waals surface area (Å²) >= 11 is 0. The van der Waals surface area contributed by atoms with Crippen LogP contribution in [-0.4, -0.2) is 67.5 Å². The van der Waals surface area contributed by atoms with Gasteiger partial charge in [0.1, 0.15) is 0 Å². The summed E-state index contributed by atoms with van der Waals surface area (Å²) in [5.74, 6) is 2.53. The first-order valence-corrected chi connectivity index (χ1v) is 11.2. The number of carbonyl (C=O) groups is 1. The Balaban J connectivity index is 1.44. The summed E-state index contributed by atoms with van der Waals surface area (Å²) in [4.78, 5) is 19.2. The second-order valence-corrected chi connectivity index (χ2v) is 8.20. The molecule has 1 aliphatic rings. The molecule has 1 fully saturated rings. The van der Waals surface area contributed by atoms with E-state index in [-0.39, 0.29) is 17.9 Å². The van der Waals surface area contributed by atoms with Crippen LogP contribution in [0.5, 0.6) is 11.5 Å². The van der Waals surface area contributed by atoms with Gasteiger partial charge in [-0.25, -0.2) is 0 Å². The molecule has 9 heteroatoms. The fourth-order valence-corrected chi connectivity index (χ4v) is 3.70. The lowest BCUT2D eigenvalue weighted by Gasteiger charge is -2.30. The Morgan fingerprint density at radius 3 is 2.66 bits per heavy atom. The van der Waals surface area contributed by atoms with Gasteiger partial charge in [-0.1, -0.05) is 5.16 Å². The van der Waals surface area contributed by atoms with Gasteiger partial charge in [0.2, 0.25) is 17.6 Å². The maximum absolute atomic E-state index is 12.4. The van der Waals surface area contributed by atoms with E-state index in [0.717, 1.165) is 37.9 Å². The van der Waals surface area contributed by atoms with Crippen LogP contribution in [0.1, 0.15) is 39.0 Å². The van der Waals surface area contributed by atoms with Crippen molar-refractivity contribution >= 4 is 5.91 Å². The van der Waals surface area contributed by atoms with E-state index in [1.54, 1.807) is 14.2 Å². The van der Waals surface area contributed by atoms with Crippen LogP contribution in [0.2, 0.25) is 0 Å². The molecule has 0 aliphatic carbocycles. The van der Waals surface area contributed by atoms with Crippen molar-refractivity contribution in [2.75, 3.05) is 40.5 Å². The summed E-state index contributed by atoms with van der Waals surface area (Å²) < 4.78 is 21.6. The molecule has 1 aromatic carbocycles. The van der Waals surface area contributed by atoms with Gasteiger partial charge in [0, 0.05) is 24.6 Å². The van der Waals surface area contributed by atoms with E-state index in [4.69, 9.17) is 18.7 Å². The van der Waals surface area contributed by atoms with Gasteiger partial charge in [-0.3, -0.25) is 9.69 Å². The van der Waals surface area contributed by atoms with Gasteiger partial charge in [0.25, 0.3) is 0 Å². The number of nitrogens with one attached hydrogen (secondary N) is 1. The second-order valence-electron chi connectivity index (χ2n) is 8.20. The maximum Gasteiger partial charge on any atom is 0.241 e. The molecule has 1 N–H and O–H groups in total. The molecule has 176 valence electrons. The highest BCUT2D eigenvalue weighted by molar-refractivity contribution is 5.78. The predicted molar refractivity (Wildman–Crippen MR) is 120 cm³/mol. The molecule has 0 saturated carbocycles. The van der Waals surface area contributed by atoms with Crippen LogP contribution in [0.15, 0.2) is 22.7 Å². The molecule has 9 nitrogen and oxygen atoms in total. The Hall–Kier alpha value is -2.65. The summed E-state index contributed by atoms with van der Waals surface area (Å²) in [7, 11) is 3.19. The van der Waals surface area contributed by atoms with E-state index in [1.807, 2.05) is 32.0 Å². The molecule has 2 heterocycles. The summed E-state index contributed by atoms with van der Waals surface area (Å²) in [5.41, 5.74) is 0.798. The van der Waals surface area contributed by atoms with Gasteiger partial charge < -0.3 is 24.1 Å². The van der Waals surface area contributed by atoms with Crippen molar-refractivity contribution in [3.05, 3.63) is 24.1 Å². The van der Waals surface area contributed by atoms with Crippen LogP contribution in [0, 0.1) is 5.92 Å². The van der Waals surface area contributed by atoms with Gasteiger partial charge in [-0.15, -0.1) is 0 Å². The maximum atomic E-state index is 12.4. The molecular formula is C23H34N4O5. The summed E-state index contributed by atoms with van der Waals surface area (Å²) in [6.45, 7) is 7.57. The zero-order chi connectivity index (χ0) is 22.9. The fourth-order valence-electron chi connectivity index (χ4n) is 3.70. The van der Waals surface area contributed by atoms with Crippen molar-refractivity contribution in [2.24, 2.45) is 5.92 Å².